The Kier molecular flexibility index (Phi) is 12.2. The molecule has 3 N–H and O–H groups in total. The highest BCUT2D eigenvalue weighted by molar-refractivity contribution is 6.35. The smallest absolute Gasteiger partial charge is 0.415 e. The van der Waals surface area contributed by atoms with E-state index in [9.17, 15) is 14.7 Å². The van der Waals surface area contributed by atoms with E-state index in [0.29, 0.717) is 44.8 Å². The van der Waals surface area contributed by atoms with E-state index in [2.05, 4.69) is 9.88 Å². The van der Waals surface area contributed by atoms with Gasteiger partial charge in [0.25, 0.3) is 0 Å². The van der Waals surface area contributed by atoms with Crippen molar-refractivity contribution in [2.75, 3.05) is 38.8 Å². The average Bonchev–Trinajstić information content (AvgIpc) is 3.13. The Balaban J connectivity index is 0.00000504. The normalized spacial score (nSPS) is 18.3. The third-order valence-corrected chi connectivity index (χ3v) is 9.91. The fraction of sp³-hybridized carbons (Fsp3) is 0.324. The van der Waals surface area contributed by atoms with Crippen molar-refractivity contribution < 1.29 is 48.5 Å². The number of fused-ring (bicyclic) bond motifs is 3. The molecule has 2 bridgehead atoms. The molecule has 3 aliphatic rings. The van der Waals surface area contributed by atoms with E-state index >= 15 is 4.39 Å². The molecule has 270 valence electrons. The van der Waals surface area contributed by atoms with Gasteiger partial charge in [0.1, 0.15) is 33.8 Å². The molecule has 0 saturated carbocycles. The van der Waals surface area contributed by atoms with Crippen LogP contribution < -0.4 is 19.4 Å². The van der Waals surface area contributed by atoms with Crippen LogP contribution in [-0.4, -0.2) is 67.5 Å². The lowest BCUT2D eigenvalue weighted by Crippen LogP contribution is -2.53. The fourth-order valence-corrected chi connectivity index (χ4v) is 6.99. The van der Waals surface area contributed by atoms with Gasteiger partial charge in [-0.25, -0.2) is 19.0 Å². The molecular formula is C37H38Cl2FN3O8. The lowest BCUT2D eigenvalue weighted by Gasteiger charge is -2.44. The van der Waals surface area contributed by atoms with Crippen molar-refractivity contribution in [3.8, 4) is 17.2 Å². The number of hydrogen-bond donors (Lipinski definition) is 1. The number of H-pyrrole nitrogens is 1. The zero-order valence-corrected chi connectivity index (χ0v) is 29.5. The quantitative estimate of drug-likeness (QED) is 0.163. The summed E-state index contributed by atoms with van der Waals surface area (Å²) in [6, 6.07) is 15.1. The van der Waals surface area contributed by atoms with Crippen LogP contribution in [0.2, 0.25) is 10.0 Å². The van der Waals surface area contributed by atoms with Gasteiger partial charge in [0.2, 0.25) is 0 Å². The van der Waals surface area contributed by atoms with Crippen molar-refractivity contribution >= 4 is 41.0 Å². The van der Waals surface area contributed by atoms with Crippen LogP contribution in [0.4, 0.5) is 14.9 Å². The van der Waals surface area contributed by atoms with Crippen LogP contribution in [0, 0.1) is 11.7 Å². The van der Waals surface area contributed by atoms with E-state index in [1.165, 1.54) is 26.4 Å². The first kappa shape index (κ1) is 37.6. The number of anilines is 1. The van der Waals surface area contributed by atoms with Gasteiger partial charge in [-0.15, -0.1) is 0 Å². The molecule has 14 heteroatoms. The van der Waals surface area contributed by atoms with E-state index in [-0.39, 0.29) is 47.5 Å². The molecule has 0 unspecified atom stereocenters. The van der Waals surface area contributed by atoms with Crippen molar-refractivity contribution in [2.24, 2.45) is 5.92 Å². The number of carbonyl (C=O) groups is 2. The number of benzene rings is 3. The van der Waals surface area contributed by atoms with E-state index in [1.54, 1.807) is 54.9 Å². The molecule has 11 nitrogen and oxygen atoms in total. The van der Waals surface area contributed by atoms with E-state index < -0.39 is 24.0 Å². The molecule has 0 spiro atoms. The first-order valence-corrected chi connectivity index (χ1v) is 16.9. The molecule has 3 aromatic carbocycles. The summed E-state index contributed by atoms with van der Waals surface area (Å²) >= 11 is 12.9. The number of carbonyl (C=O) groups excluding carboxylic acids is 2. The average molecular weight is 743 g/mol. The number of rotatable bonds is 11. The minimum absolute atomic E-state index is 0. The van der Waals surface area contributed by atoms with Gasteiger partial charge in [-0.3, -0.25) is 9.80 Å². The number of amides is 1. The van der Waals surface area contributed by atoms with Crippen LogP contribution >= 0.6 is 23.2 Å². The highest BCUT2D eigenvalue weighted by Gasteiger charge is 2.38. The Bertz CT molecular complexity index is 1840. The van der Waals surface area contributed by atoms with Gasteiger partial charge in [0.05, 0.1) is 32.0 Å². The number of aromatic amines is 1. The van der Waals surface area contributed by atoms with Crippen LogP contribution in [0.15, 0.2) is 73.1 Å². The number of esters is 1. The number of ether oxygens (including phenoxy) is 4. The number of pyridine rings is 1. The molecule has 3 aliphatic heterocycles. The minimum atomic E-state index is -0.815. The fourth-order valence-electron chi connectivity index (χ4n) is 6.46. The summed E-state index contributed by atoms with van der Waals surface area (Å²) in [6.45, 7) is 2.50. The van der Waals surface area contributed by atoms with Gasteiger partial charge in [-0.1, -0.05) is 41.4 Å². The Morgan fingerprint density at radius 3 is 2.29 bits per heavy atom. The molecule has 3 saturated heterocycles. The molecule has 4 heterocycles. The third kappa shape index (κ3) is 8.65. The molecule has 4 aromatic rings. The molecular weight excluding hydrogens is 704 g/mol. The number of aromatic nitrogens is 1. The summed E-state index contributed by atoms with van der Waals surface area (Å²) in [7, 11) is 3.04. The number of phenols is 1. The molecule has 3 fully saturated rings. The predicted molar refractivity (Wildman–Crippen MR) is 186 cm³/mol. The second kappa shape index (κ2) is 16.6. The first-order chi connectivity index (χ1) is 24.1. The second-order valence-electron chi connectivity index (χ2n) is 12.3. The third-order valence-electron chi connectivity index (χ3n) is 9.23. The number of methoxy groups -OCH3 is 2. The number of nitrogens with one attached hydrogen (secondary N) is 1. The number of aromatic hydroxyl groups is 1. The van der Waals surface area contributed by atoms with Gasteiger partial charge >= 0.3 is 12.1 Å². The standard InChI is InChI=1S/C37H36Cl2FN3O7.H2O/c1-47-32-10-7-25(15-34(32)48-2)33(17-27-28(38)18-41-19-29(27)39)49-36(45)24-5-3-22(4-6-24)20-43(31-16-26(44)8-9-30(31)40)37(46)50-35-21-42-13-11-23(35)12-14-42;/h3-10,15-16,18-19,23,33,35,44H,11-14,17,20-21H2,1-2H3;1H2/t33-,35-;/m0./s1. The van der Waals surface area contributed by atoms with Crippen LogP contribution in [0.5, 0.6) is 17.2 Å². The van der Waals surface area contributed by atoms with Crippen LogP contribution in [0.3, 0.4) is 0 Å². The van der Waals surface area contributed by atoms with Gasteiger partial charge < -0.3 is 29.5 Å². The van der Waals surface area contributed by atoms with Crippen molar-refractivity contribution in [2.45, 2.75) is 38.0 Å². The van der Waals surface area contributed by atoms with Crippen LogP contribution in [-0.2, 0) is 22.4 Å². The lowest BCUT2D eigenvalue weighted by atomic mass is 9.86. The minimum Gasteiger partial charge on any atom is -0.870 e. The van der Waals surface area contributed by atoms with Gasteiger partial charge in [0.15, 0.2) is 23.9 Å². The molecule has 1 aromatic heterocycles. The Labute approximate surface area is 304 Å². The topological polar surface area (TPSA) is 142 Å². The summed E-state index contributed by atoms with van der Waals surface area (Å²) in [6.07, 6.45) is 3.39. The van der Waals surface area contributed by atoms with E-state index in [0.717, 1.165) is 36.9 Å². The Morgan fingerprint density at radius 1 is 0.980 bits per heavy atom. The lowest BCUT2D eigenvalue weighted by molar-refractivity contribution is -0.377. The maximum Gasteiger partial charge on any atom is 0.415 e. The molecule has 51 heavy (non-hydrogen) atoms. The van der Waals surface area contributed by atoms with Crippen molar-refractivity contribution in [1.82, 2.24) is 4.90 Å². The number of halogens is 3. The van der Waals surface area contributed by atoms with Crippen molar-refractivity contribution in [3.05, 3.63) is 111 Å². The van der Waals surface area contributed by atoms with Crippen molar-refractivity contribution in [1.29, 1.82) is 0 Å². The number of piperidine rings is 3. The van der Waals surface area contributed by atoms with Gasteiger partial charge in [-0.2, -0.15) is 0 Å². The zero-order valence-electron chi connectivity index (χ0n) is 28.0. The molecule has 0 aliphatic carbocycles. The maximum atomic E-state index is 15.1. The highest BCUT2D eigenvalue weighted by Crippen LogP contribution is 2.36. The molecule has 1 amide bonds. The van der Waals surface area contributed by atoms with Crippen LogP contribution in [0.25, 0.3) is 0 Å². The van der Waals surface area contributed by atoms with Crippen molar-refractivity contribution in [3.63, 3.8) is 0 Å². The molecule has 2 atom stereocenters. The largest absolute Gasteiger partial charge is 0.870 e. The summed E-state index contributed by atoms with van der Waals surface area (Å²) in [4.78, 5) is 33.5. The maximum absolute atomic E-state index is 15.1. The molecule has 0 radical (unpaired) electrons. The molecule has 7 rings (SSSR count). The summed E-state index contributed by atoms with van der Waals surface area (Å²) in [5.41, 5.74) is 1.92. The SMILES string of the molecule is COc1ccc([C@H](Cc2c(Cl)c[nH+]cc2Cl)OC(=O)c2ccc(CN(C(=O)O[C@H]3CN4CCC3CC4)c3cc(O)ccc3F)cc2)cc1OC.[OH-]. The van der Waals surface area contributed by atoms with E-state index in [1.807, 2.05) is 0 Å². The Morgan fingerprint density at radius 2 is 1.67 bits per heavy atom. The highest BCUT2D eigenvalue weighted by atomic mass is 35.5. The first-order valence-electron chi connectivity index (χ1n) is 16.2. The zero-order chi connectivity index (χ0) is 35.4. The van der Waals surface area contributed by atoms with Crippen LogP contribution in [0.1, 0.15) is 46.0 Å². The number of hydrogen-bond acceptors (Lipinski definition) is 9. The summed E-state index contributed by atoms with van der Waals surface area (Å²) in [5, 5.41) is 10.9. The monoisotopic (exact) mass is 741 g/mol. The van der Waals surface area contributed by atoms with E-state index in [4.69, 9.17) is 42.1 Å². The van der Waals surface area contributed by atoms with Gasteiger partial charge in [-0.05, 0) is 79.4 Å². The summed E-state index contributed by atoms with van der Waals surface area (Å²) in [5.74, 6) is -0.292. The van der Waals surface area contributed by atoms with Gasteiger partial charge in [0, 0.05) is 24.6 Å². The number of phenolic OH excluding ortho intramolecular Hbond substituents is 1. The summed E-state index contributed by atoms with van der Waals surface area (Å²) < 4.78 is 37.9. The Hall–Kier alpha value is -4.62. The second-order valence-corrected chi connectivity index (χ2v) is 13.1. The number of nitrogens with zero attached hydrogens (tertiary/aromatic N) is 2. The predicted octanol–water partition coefficient (Wildman–Crippen LogP) is 6.87.